The van der Waals surface area contributed by atoms with Crippen molar-refractivity contribution in [2.45, 2.75) is 92.0 Å². The first-order valence-corrected chi connectivity index (χ1v) is 9.15. The van der Waals surface area contributed by atoms with E-state index in [1.54, 1.807) is 0 Å². The fraction of sp³-hybridized carbons (Fsp3) is 1.00. The maximum atomic E-state index is 10.4. The number of nitrogens with zero attached hydrogens (tertiary/aromatic N) is 1. The van der Waals surface area contributed by atoms with E-state index in [1.165, 1.54) is 19.3 Å². The van der Waals surface area contributed by atoms with Crippen LogP contribution in [-0.4, -0.2) is 47.4 Å². The van der Waals surface area contributed by atoms with Gasteiger partial charge in [0.1, 0.15) is 0 Å². The van der Waals surface area contributed by atoms with E-state index in [2.05, 4.69) is 53.4 Å². The molecule has 0 heterocycles. The van der Waals surface area contributed by atoms with E-state index in [0.29, 0.717) is 36.8 Å². The van der Waals surface area contributed by atoms with Crippen molar-refractivity contribution in [3.8, 4) is 0 Å². The van der Waals surface area contributed by atoms with Crippen molar-refractivity contribution >= 4 is 0 Å². The first-order valence-electron chi connectivity index (χ1n) is 9.15. The van der Waals surface area contributed by atoms with Crippen LogP contribution in [0.5, 0.6) is 0 Å². The number of aliphatic hydroxyl groups is 1. The lowest BCUT2D eigenvalue weighted by atomic mass is 9.70. The Bertz CT molecular complexity index is 372. The van der Waals surface area contributed by atoms with E-state index in [9.17, 15) is 5.11 Å². The average molecular weight is 312 g/mol. The molecule has 0 aromatic heterocycles. The predicted molar refractivity (Wildman–Crippen MR) is 92.0 cm³/mol. The molecular weight excluding hydrogens is 274 g/mol. The standard InChI is InChI=1S/C19H37NO2/c1-13(2)20(14(3)4)11-16(21)12-22-17-10-15-8-9-19(17,7)18(15,5)6/h13-17,21H,8-12H2,1-7H3/t15-,16+,17-,19-/m1/s1. The highest BCUT2D eigenvalue weighted by molar-refractivity contribution is 5.11. The molecule has 2 fully saturated rings. The highest BCUT2D eigenvalue weighted by Gasteiger charge is 2.61. The minimum absolute atomic E-state index is 0.285. The number of hydrogen-bond acceptors (Lipinski definition) is 3. The van der Waals surface area contributed by atoms with Gasteiger partial charge in [-0.1, -0.05) is 20.8 Å². The summed E-state index contributed by atoms with van der Waals surface area (Å²) in [6.07, 6.45) is 3.72. The van der Waals surface area contributed by atoms with Crippen LogP contribution >= 0.6 is 0 Å². The Morgan fingerprint density at radius 1 is 1.14 bits per heavy atom. The van der Waals surface area contributed by atoms with Gasteiger partial charge in [0.05, 0.1) is 18.8 Å². The third-order valence-corrected chi connectivity index (χ3v) is 6.95. The summed E-state index contributed by atoms with van der Waals surface area (Å²) in [7, 11) is 0. The van der Waals surface area contributed by atoms with Gasteiger partial charge in [-0.25, -0.2) is 0 Å². The van der Waals surface area contributed by atoms with Crippen LogP contribution < -0.4 is 0 Å². The summed E-state index contributed by atoms with van der Waals surface area (Å²) in [5, 5.41) is 10.4. The van der Waals surface area contributed by atoms with Gasteiger partial charge in [-0.3, -0.25) is 4.90 Å². The number of ether oxygens (including phenoxy) is 1. The summed E-state index contributed by atoms with van der Waals surface area (Å²) in [4.78, 5) is 2.33. The molecule has 0 radical (unpaired) electrons. The number of aliphatic hydroxyl groups excluding tert-OH is 1. The van der Waals surface area contributed by atoms with Crippen LogP contribution in [-0.2, 0) is 4.74 Å². The Balaban J connectivity index is 1.86. The van der Waals surface area contributed by atoms with Crippen molar-refractivity contribution in [3.63, 3.8) is 0 Å². The summed E-state index contributed by atoms with van der Waals surface area (Å²) in [5.41, 5.74) is 0.664. The first-order chi connectivity index (χ1) is 10.1. The van der Waals surface area contributed by atoms with Gasteiger partial charge in [-0.2, -0.15) is 0 Å². The van der Waals surface area contributed by atoms with Crippen molar-refractivity contribution in [1.29, 1.82) is 0 Å². The van der Waals surface area contributed by atoms with Crippen LogP contribution in [0.2, 0.25) is 0 Å². The van der Waals surface area contributed by atoms with Crippen LogP contribution in [0.3, 0.4) is 0 Å². The molecule has 2 saturated carbocycles. The second kappa shape index (κ2) is 6.41. The Morgan fingerprint density at radius 3 is 2.14 bits per heavy atom. The monoisotopic (exact) mass is 311 g/mol. The molecule has 1 N–H and O–H groups in total. The largest absolute Gasteiger partial charge is 0.389 e. The molecule has 0 unspecified atom stereocenters. The van der Waals surface area contributed by atoms with Crippen LogP contribution in [0.15, 0.2) is 0 Å². The Kier molecular flexibility index (Phi) is 5.31. The van der Waals surface area contributed by atoms with Gasteiger partial charge in [0.25, 0.3) is 0 Å². The summed E-state index contributed by atoms with van der Waals surface area (Å²) in [6, 6.07) is 0.905. The maximum absolute atomic E-state index is 10.4. The molecule has 3 heteroatoms. The molecule has 2 aliphatic rings. The molecule has 0 spiro atoms. The highest BCUT2D eigenvalue weighted by Crippen LogP contribution is 2.66. The maximum Gasteiger partial charge on any atom is 0.0900 e. The average Bonchev–Trinajstić information content (AvgIpc) is 2.74. The zero-order chi connectivity index (χ0) is 16.7. The summed E-state index contributed by atoms with van der Waals surface area (Å²) in [6.45, 7) is 17.1. The second-order valence-electron chi connectivity index (χ2n) is 8.97. The van der Waals surface area contributed by atoms with E-state index in [1.807, 2.05) is 0 Å². The third kappa shape index (κ3) is 3.09. The lowest BCUT2D eigenvalue weighted by molar-refractivity contribution is -0.0819. The van der Waals surface area contributed by atoms with Gasteiger partial charge < -0.3 is 9.84 Å². The third-order valence-electron chi connectivity index (χ3n) is 6.95. The van der Waals surface area contributed by atoms with Gasteiger partial charge in [0, 0.05) is 18.6 Å². The van der Waals surface area contributed by atoms with E-state index in [-0.39, 0.29) is 5.41 Å². The van der Waals surface area contributed by atoms with E-state index in [4.69, 9.17) is 4.74 Å². The van der Waals surface area contributed by atoms with Crippen molar-refractivity contribution in [2.24, 2.45) is 16.7 Å². The Hall–Kier alpha value is -0.120. The van der Waals surface area contributed by atoms with Crippen LogP contribution in [0, 0.1) is 16.7 Å². The van der Waals surface area contributed by atoms with Crippen molar-refractivity contribution in [2.75, 3.05) is 13.2 Å². The number of rotatable bonds is 7. The van der Waals surface area contributed by atoms with Gasteiger partial charge in [-0.15, -0.1) is 0 Å². The van der Waals surface area contributed by atoms with Crippen molar-refractivity contribution in [1.82, 2.24) is 4.90 Å². The second-order valence-corrected chi connectivity index (χ2v) is 8.97. The van der Waals surface area contributed by atoms with Crippen molar-refractivity contribution < 1.29 is 9.84 Å². The highest BCUT2D eigenvalue weighted by atomic mass is 16.5. The van der Waals surface area contributed by atoms with Gasteiger partial charge in [0.2, 0.25) is 0 Å². The fourth-order valence-electron chi connectivity index (χ4n) is 4.92. The zero-order valence-corrected chi connectivity index (χ0v) is 15.7. The smallest absolute Gasteiger partial charge is 0.0900 e. The molecule has 2 bridgehead atoms. The van der Waals surface area contributed by atoms with Crippen LogP contribution in [0.25, 0.3) is 0 Å². The topological polar surface area (TPSA) is 32.7 Å². The molecule has 0 aromatic rings. The molecule has 2 aliphatic carbocycles. The molecule has 0 aromatic carbocycles. The normalized spacial score (nSPS) is 35.0. The minimum Gasteiger partial charge on any atom is -0.389 e. The van der Waals surface area contributed by atoms with E-state index >= 15 is 0 Å². The van der Waals surface area contributed by atoms with Gasteiger partial charge >= 0.3 is 0 Å². The fourth-order valence-corrected chi connectivity index (χ4v) is 4.92. The lowest BCUT2D eigenvalue weighted by Crippen LogP contribution is -2.44. The molecule has 130 valence electrons. The van der Waals surface area contributed by atoms with Crippen molar-refractivity contribution in [3.05, 3.63) is 0 Å². The summed E-state index contributed by atoms with van der Waals surface area (Å²) >= 11 is 0. The predicted octanol–water partition coefficient (Wildman–Crippen LogP) is 3.70. The van der Waals surface area contributed by atoms with Gasteiger partial charge in [0.15, 0.2) is 0 Å². The quantitative estimate of drug-likeness (QED) is 0.778. The molecule has 3 nitrogen and oxygen atoms in total. The molecule has 0 amide bonds. The lowest BCUT2D eigenvalue weighted by Gasteiger charge is -2.39. The van der Waals surface area contributed by atoms with E-state index in [0.717, 1.165) is 5.92 Å². The molecule has 4 atom stereocenters. The minimum atomic E-state index is -0.393. The van der Waals surface area contributed by atoms with Crippen LogP contribution in [0.1, 0.15) is 67.7 Å². The summed E-state index contributed by atoms with van der Waals surface area (Å²) < 4.78 is 6.22. The number of fused-ring (bicyclic) bond motifs is 2. The molecule has 22 heavy (non-hydrogen) atoms. The molecular formula is C19H37NO2. The SMILES string of the molecule is CC(C)N(C[C@H](O)CO[C@@H]1C[C@H]2CC[C@@]1(C)C2(C)C)C(C)C. The Morgan fingerprint density at radius 2 is 1.73 bits per heavy atom. The molecule has 0 aliphatic heterocycles. The summed E-state index contributed by atoms with van der Waals surface area (Å²) in [5.74, 6) is 0.794. The first kappa shape index (κ1) is 18.2. The Labute approximate surface area is 137 Å². The number of hydrogen-bond donors (Lipinski definition) is 1. The zero-order valence-electron chi connectivity index (χ0n) is 15.7. The van der Waals surface area contributed by atoms with Gasteiger partial charge in [-0.05, 0) is 63.7 Å². The van der Waals surface area contributed by atoms with E-state index < -0.39 is 6.10 Å². The van der Waals surface area contributed by atoms with Crippen LogP contribution in [0.4, 0.5) is 0 Å². The molecule has 0 saturated heterocycles. The molecule has 2 rings (SSSR count).